The van der Waals surface area contributed by atoms with Crippen molar-refractivity contribution >= 4 is 30.0 Å². The van der Waals surface area contributed by atoms with Crippen LogP contribution in [0, 0.1) is 11.8 Å². The van der Waals surface area contributed by atoms with Crippen LogP contribution in [0.25, 0.3) is 0 Å². The lowest BCUT2D eigenvalue weighted by Crippen LogP contribution is -2.62. The fourth-order valence-electron chi connectivity index (χ4n) is 13.6. The molecule has 8 unspecified atom stereocenters. The molecule has 8 saturated heterocycles. The van der Waals surface area contributed by atoms with E-state index in [1.807, 2.05) is 0 Å². The summed E-state index contributed by atoms with van der Waals surface area (Å²) in [5.74, 6) is -1.12. The number of hydrogen-bond donors (Lipinski definition) is 1. The Hall–Kier alpha value is -0.706. The second kappa shape index (κ2) is 25.4. The van der Waals surface area contributed by atoms with Gasteiger partial charge in [-0.2, -0.15) is 0 Å². The van der Waals surface area contributed by atoms with Crippen LogP contribution in [0.2, 0.25) is 36.3 Å². The first-order chi connectivity index (χ1) is 34.4. The van der Waals surface area contributed by atoms with Crippen molar-refractivity contribution in [2.45, 2.75) is 266 Å². The van der Waals surface area contributed by atoms with Gasteiger partial charge in [0.2, 0.25) is 0 Å². The molecule has 72 heavy (non-hydrogen) atoms. The summed E-state index contributed by atoms with van der Waals surface area (Å²) < 4.78 is 92.1. The predicted octanol–water partition coefficient (Wildman–Crippen LogP) is 10.2. The SMILES string of the molecule is C=C1C(C[C@@H]2O[C@H](CC(C)O[Si](CC)(CC)CC)[C@H](OC)C2CC(=O)CP(=O)(OC)OC)OC(CC[C@@H]2OC(CC[C@@]34C[C@H]5O[C@H]6C(O3)C(O[Si](CC)(CC)CC)[C@H](CCCO)O[C@H]6C5O4)CC2=C)C[C@H]1C. The summed E-state index contributed by atoms with van der Waals surface area (Å²) in [5, 5.41) is 9.83. The Morgan fingerprint density at radius 1 is 0.778 bits per heavy atom. The van der Waals surface area contributed by atoms with Gasteiger partial charge in [0.1, 0.15) is 42.5 Å². The van der Waals surface area contributed by atoms with E-state index in [0.29, 0.717) is 38.5 Å². The Morgan fingerprint density at radius 3 is 2.07 bits per heavy atom. The molecule has 8 fully saturated rings. The van der Waals surface area contributed by atoms with E-state index in [2.05, 4.69) is 68.5 Å². The zero-order valence-electron chi connectivity index (χ0n) is 46.0. The molecule has 1 N–H and O–H groups in total. The van der Waals surface area contributed by atoms with E-state index in [4.69, 9.17) is 55.8 Å². The lowest BCUT2D eigenvalue weighted by molar-refractivity contribution is -0.271. The van der Waals surface area contributed by atoms with Gasteiger partial charge >= 0.3 is 7.60 Å². The highest BCUT2D eigenvalue weighted by molar-refractivity contribution is 7.54. The molecule has 8 aliphatic heterocycles. The van der Waals surface area contributed by atoms with Crippen molar-refractivity contribution in [1.82, 2.24) is 0 Å². The molecule has 15 nitrogen and oxygen atoms in total. The maximum Gasteiger partial charge on any atom is 0.337 e. The summed E-state index contributed by atoms with van der Waals surface area (Å²) in [4.78, 5) is 13.7. The predicted molar refractivity (Wildman–Crippen MR) is 281 cm³/mol. The summed E-state index contributed by atoms with van der Waals surface area (Å²) >= 11 is 0. The van der Waals surface area contributed by atoms with Crippen LogP contribution >= 0.6 is 7.60 Å². The van der Waals surface area contributed by atoms with Crippen LogP contribution in [0.3, 0.4) is 0 Å². The Balaban J connectivity index is 0.976. The van der Waals surface area contributed by atoms with Gasteiger partial charge in [0, 0.05) is 72.1 Å². The van der Waals surface area contributed by atoms with E-state index in [0.717, 1.165) is 79.5 Å². The average Bonchev–Trinajstić information content (AvgIpc) is 4.06. The smallest absolute Gasteiger partial charge is 0.337 e. The molecule has 0 radical (unpaired) electrons. The molecular formula is C54H95O15PSi2. The van der Waals surface area contributed by atoms with Gasteiger partial charge in [-0.25, -0.2) is 0 Å². The standard InChI is InChI=1S/C54H95O15PSi2/c1-14-71(15-2,16-3)68-36(9)29-46-48(58-11)41(30-38(56)33-70(57,59-12)60-13)45(63-46)31-44-37(10)34(7)27-39(62-44)22-23-42-35(8)28-40(61-42)24-25-54-32-47-49(66-54)51-52(65-47)53(67-54)50(43(64-51)21-20-26-55)69-72(17-4,18-5)19-6/h34,36,39-53,55H,8,10,14-33H2,1-7,9,11-13H3/t34-,36?,39?,40?,41?,42+,43+,44?,45+,46-,47-,48-,49?,50?,51+,52-,53?,54+/m1/s1. The third-order valence-electron chi connectivity index (χ3n) is 18.5. The van der Waals surface area contributed by atoms with Crippen molar-refractivity contribution < 1.29 is 70.3 Å². The molecule has 0 aromatic carbocycles. The molecule has 414 valence electrons. The number of Topliss-reactive ketones (excluding diaryl/α,β-unsaturated/α-hetero) is 1. The molecule has 18 heteroatoms. The van der Waals surface area contributed by atoms with E-state index in [1.54, 1.807) is 7.11 Å². The highest BCUT2D eigenvalue weighted by atomic mass is 31.2. The second-order valence-electron chi connectivity index (χ2n) is 22.5. The van der Waals surface area contributed by atoms with Gasteiger partial charge < -0.3 is 60.9 Å². The van der Waals surface area contributed by atoms with Gasteiger partial charge in [0.25, 0.3) is 0 Å². The molecule has 0 amide bonds. The van der Waals surface area contributed by atoms with Crippen molar-refractivity contribution in [2.75, 3.05) is 34.1 Å². The number of methoxy groups -OCH3 is 1. The van der Waals surface area contributed by atoms with Crippen LogP contribution in [0.15, 0.2) is 24.3 Å². The zero-order chi connectivity index (χ0) is 52.2. The highest BCUT2D eigenvalue weighted by Gasteiger charge is 2.68. The molecule has 0 aromatic rings. The van der Waals surface area contributed by atoms with Crippen molar-refractivity contribution in [2.24, 2.45) is 11.8 Å². The molecule has 18 atom stereocenters. The third kappa shape index (κ3) is 12.9. The van der Waals surface area contributed by atoms with Crippen molar-refractivity contribution in [3.8, 4) is 0 Å². The molecular weight excluding hydrogens is 976 g/mol. The van der Waals surface area contributed by atoms with Crippen molar-refractivity contribution in [1.29, 1.82) is 0 Å². The molecule has 8 aliphatic rings. The number of carbonyl (C=O) groups is 1. The third-order valence-corrected chi connectivity index (χ3v) is 29.7. The van der Waals surface area contributed by atoms with E-state index in [-0.39, 0.29) is 128 Å². The average molecular weight is 1070 g/mol. The van der Waals surface area contributed by atoms with Gasteiger partial charge in [-0.3, -0.25) is 9.36 Å². The molecule has 8 heterocycles. The lowest BCUT2D eigenvalue weighted by Gasteiger charge is -2.47. The Labute approximate surface area is 434 Å². The van der Waals surface area contributed by atoms with E-state index in [1.165, 1.54) is 14.2 Å². The van der Waals surface area contributed by atoms with Crippen LogP contribution in [0.1, 0.15) is 132 Å². The van der Waals surface area contributed by atoms with Crippen LogP contribution < -0.4 is 0 Å². The Morgan fingerprint density at radius 2 is 1.43 bits per heavy atom. The summed E-state index contributed by atoms with van der Waals surface area (Å²) in [6.07, 6.45) is 4.56. The van der Waals surface area contributed by atoms with Crippen LogP contribution in [0.4, 0.5) is 0 Å². The first kappa shape index (κ1) is 59.0. The van der Waals surface area contributed by atoms with Gasteiger partial charge in [0.05, 0.1) is 54.9 Å². The van der Waals surface area contributed by atoms with Crippen molar-refractivity contribution in [3.05, 3.63) is 24.3 Å². The van der Waals surface area contributed by atoms with Gasteiger partial charge in [-0.1, -0.05) is 61.6 Å². The van der Waals surface area contributed by atoms with Crippen LogP contribution in [0.5, 0.6) is 0 Å². The minimum atomic E-state index is -3.57. The number of rotatable bonds is 30. The largest absolute Gasteiger partial charge is 0.414 e. The quantitative estimate of drug-likeness (QED) is 0.0410. The second-order valence-corrected chi connectivity index (χ2v) is 34.2. The number of aliphatic hydroxyl groups is 1. The maximum absolute atomic E-state index is 13.7. The minimum absolute atomic E-state index is 0.0124. The van der Waals surface area contributed by atoms with Crippen LogP contribution in [-0.2, 0) is 65.2 Å². The van der Waals surface area contributed by atoms with Crippen molar-refractivity contribution in [3.63, 3.8) is 0 Å². The van der Waals surface area contributed by atoms with Gasteiger partial charge in [-0.15, -0.1) is 0 Å². The molecule has 0 spiro atoms. The maximum atomic E-state index is 13.7. The normalized spacial score (nSPS) is 38.3. The summed E-state index contributed by atoms with van der Waals surface area (Å²) in [6.45, 7) is 27.0. The van der Waals surface area contributed by atoms with E-state index >= 15 is 0 Å². The number of carbonyl (C=O) groups excluding carboxylic acids is 1. The minimum Gasteiger partial charge on any atom is -0.414 e. The fourth-order valence-corrected chi connectivity index (χ4v) is 20.4. The topological polar surface area (TPSA) is 165 Å². The molecule has 0 aliphatic carbocycles. The highest BCUT2D eigenvalue weighted by Crippen LogP contribution is 2.54. The van der Waals surface area contributed by atoms with Gasteiger partial charge in [-0.05, 0) is 105 Å². The number of aliphatic hydroxyl groups excluding tert-OH is 1. The summed E-state index contributed by atoms with van der Waals surface area (Å²) in [7, 11) is -3.21. The molecule has 6 bridgehead atoms. The first-order valence-electron chi connectivity index (χ1n) is 28.1. The molecule has 0 aromatic heterocycles. The Bertz CT molecular complexity index is 1830. The molecule has 8 rings (SSSR count). The lowest BCUT2D eigenvalue weighted by atomic mass is 9.82. The fraction of sp³-hybridized carbons (Fsp3) is 0.907. The van der Waals surface area contributed by atoms with Crippen LogP contribution in [-0.4, -0.2) is 159 Å². The van der Waals surface area contributed by atoms with E-state index < -0.39 is 30.0 Å². The number of ketones is 1. The number of hydrogen-bond acceptors (Lipinski definition) is 15. The summed E-state index contributed by atoms with van der Waals surface area (Å²) in [6, 6.07) is 6.21. The van der Waals surface area contributed by atoms with Gasteiger partial charge in [0.15, 0.2) is 22.4 Å². The Kier molecular flexibility index (Phi) is 20.8. The molecule has 0 saturated carbocycles. The number of ether oxygens (including phenoxy) is 8. The summed E-state index contributed by atoms with van der Waals surface area (Å²) in [5.41, 5.74) is 2.13. The zero-order valence-corrected chi connectivity index (χ0v) is 48.9. The first-order valence-corrected chi connectivity index (χ1v) is 34.9. The monoisotopic (exact) mass is 1070 g/mol. The van der Waals surface area contributed by atoms with E-state index in [9.17, 15) is 14.5 Å².